The number of hydrogen-bond acceptors (Lipinski definition) is 7. The van der Waals surface area contributed by atoms with E-state index < -0.39 is 12.1 Å². The van der Waals surface area contributed by atoms with Gasteiger partial charge in [-0.3, -0.25) is 4.79 Å². The molecule has 0 saturated carbocycles. The molecule has 0 bridgehead atoms. The molecule has 174 valence electrons. The first-order chi connectivity index (χ1) is 15.3. The van der Waals surface area contributed by atoms with Gasteiger partial charge in [0.1, 0.15) is 18.5 Å². The van der Waals surface area contributed by atoms with Crippen LogP contribution in [-0.2, 0) is 33.9 Å². The molecule has 0 spiro atoms. The summed E-state index contributed by atoms with van der Waals surface area (Å²) >= 11 is 0. The number of amides is 1. The summed E-state index contributed by atoms with van der Waals surface area (Å²) in [6.45, 7) is 2.95. The van der Waals surface area contributed by atoms with Gasteiger partial charge in [-0.15, -0.1) is 10.2 Å². The number of nitrogens with zero attached hydrogens (tertiary/aromatic N) is 5. The molecule has 1 N–H and O–H groups in total. The number of halogens is 3. The van der Waals surface area contributed by atoms with Gasteiger partial charge in [-0.05, 0) is 18.9 Å². The van der Waals surface area contributed by atoms with Gasteiger partial charge in [-0.2, -0.15) is 13.2 Å². The average Bonchev–Trinajstić information content (AvgIpc) is 3.38. The van der Waals surface area contributed by atoms with Crippen molar-refractivity contribution in [2.75, 3.05) is 19.7 Å². The minimum atomic E-state index is -5.08. The lowest BCUT2D eigenvalue weighted by Gasteiger charge is -2.23. The Morgan fingerprint density at radius 3 is 2.62 bits per heavy atom. The number of carboxylic acid groups (broad SMARTS) is 1. The zero-order valence-electron chi connectivity index (χ0n) is 17.0. The van der Waals surface area contributed by atoms with Crippen LogP contribution in [0.1, 0.15) is 24.5 Å². The van der Waals surface area contributed by atoms with Crippen LogP contribution < -0.4 is 4.74 Å². The normalized spacial score (nSPS) is 18.2. The van der Waals surface area contributed by atoms with Crippen molar-refractivity contribution in [1.29, 1.82) is 0 Å². The molecular weight excluding hydrogens is 435 g/mol. The molecule has 2 aromatic rings. The Labute approximate surface area is 181 Å². The molecule has 1 unspecified atom stereocenters. The maximum absolute atomic E-state index is 12.5. The quantitative estimate of drug-likeness (QED) is 0.733. The lowest BCUT2D eigenvalue weighted by Crippen LogP contribution is -2.40. The number of hydrogen-bond donors (Lipinski definition) is 1. The molecule has 1 saturated heterocycles. The van der Waals surface area contributed by atoms with Crippen LogP contribution in [0.15, 0.2) is 24.4 Å². The molecule has 10 nitrogen and oxygen atoms in total. The van der Waals surface area contributed by atoms with Crippen molar-refractivity contribution >= 4 is 11.9 Å². The highest BCUT2D eigenvalue weighted by Crippen LogP contribution is 2.18. The van der Waals surface area contributed by atoms with E-state index in [1.807, 2.05) is 27.7 Å². The molecule has 1 fully saturated rings. The zero-order chi connectivity index (χ0) is 23.1. The first kappa shape index (κ1) is 23.4. The maximum Gasteiger partial charge on any atom is 0.490 e. The van der Waals surface area contributed by atoms with Gasteiger partial charge in [0.05, 0.1) is 0 Å². The molecule has 13 heteroatoms. The fourth-order valence-electron chi connectivity index (χ4n) is 3.26. The fourth-order valence-corrected chi connectivity index (χ4v) is 3.26. The van der Waals surface area contributed by atoms with Crippen LogP contribution in [0.3, 0.4) is 0 Å². The van der Waals surface area contributed by atoms with Crippen molar-refractivity contribution in [1.82, 2.24) is 24.6 Å². The minimum Gasteiger partial charge on any atom is -0.475 e. The second-order valence-electron chi connectivity index (χ2n) is 7.02. The molecule has 32 heavy (non-hydrogen) atoms. The van der Waals surface area contributed by atoms with Crippen molar-refractivity contribution in [3.63, 3.8) is 0 Å². The summed E-state index contributed by atoms with van der Waals surface area (Å²) in [4.78, 5) is 27.5. The van der Waals surface area contributed by atoms with E-state index in [9.17, 15) is 18.0 Å². The van der Waals surface area contributed by atoms with Crippen LogP contribution in [0.25, 0.3) is 0 Å². The van der Waals surface area contributed by atoms with Gasteiger partial charge in [0.15, 0.2) is 5.82 Å². The average molecular weight is 457 g/mol. The van der Waals surface area contributed by atoms with Crippen molar-refractivity contribution in [2.45, 2.75) is 44.7 Å². The van der Waals surface area contributed by atoms with Gasteiger partial charge in [-0.1, -0.05) is 6.07 Å². The van der Waals surface area contributed by atoms with Crippen molar-refractivity contribution in [2.24, 2.45) is 0 Å². The summed E-state index contributed by atoms with van der Waals surface area (Å²) in [6, 6.07) is 5.53. The van der Waals surface area contributed by atoms with Gasteiger partial charge in [0, 0.05) is 44.9 Å². The van der Waals surface area contributed by atoms with Gasteiger partial charge in [0.25, 0.3) is 5.91 Å². The van der Waals surface area contributed by atoms with Crippen molar-refractivity contribution < 1.29 is 37.3 Å². The van der Waals surface area contributed by atoms with E-state index in [4.69, 9.17) is 19.4 Å². The predicted octanol–water partition coefficient (Wildman–Crippen LogP) is 1.45. The molecule has 4 heterocycles. The number of carbonyl (C=O) groups excluding carboxylic acids is 1. The fraction of sp³-hybridized carbons (Fsp3) is 0.526. The lowest BCUT2D eigenvalue weighted by atomic mass is 10.2. The lowest BCUT2D eigenvalue weighted by molar-refractivity contribution is -0.192. The van der Waals surface area contributed by atoms with Crippen LogP contribution in [0, 0.1) is 0 Å². The molecule has 0 aliphatic carbocycles. The number of carboxylic acids is 1. The molecule has 1 atom stereocenters. The number of aliphatic carboxylic acids is 1. The van der Waals surface area contributed by atoms with E-state index in [1.165, 1.54) is 0 Å². The van der Waals surface area contributed by atoms with Crippen LogP contribution in [-0.4, -0.2) is 73.6 Å². The highest BCUT2D eigenvalue weighted by Gasteiger charge is 2.38. The maximum atomic E-state index is 12.5. The van der Waals surface area contributed by atoms with E-state index in [0.717, 1.165) is 24.5 Å². The number of rotatable bonds is 4. The SMILES string of the molecule is O=C(C1CCCO1)N1CCc2nnc(COc3ccccn3)n2CC1.O=C(O)C(F)(F)F. The van der Waals surface area contributed by atoms with Gasteiger partial charge in [0.2, 0.25) is 5.88 Å². The van der Waals surface area contributed by atoms with E-state index in [-0.39, 0.29) is 12.0 Å². The van der Waals surface area contributed by atoms with Crippen LogP contribution in [0.2, 0.25) is 0 Å². The Morgan fingerprint density at radius 1 is 1.22 bits per heavy atom. The Balaban J connectivity index is 0.000000360. The highest BCUT2D eigenvalue weighted by molar-refractivity contribution is 5.81. The number of alkyl halides is 3. The standard InChI is InChI=1S/C17H21N5O3.C2HF3O2/c23-17(13-4-3-11-24-13)21-8-6-14-19-20-15(22(14)10-9-21)12-25-16-5-1-2-7-18-16;3-2(4,5)1(6)7/h1-2,5,7,13H,3-4,6,8-12H2;(H,6,7). The number of fused-ring (bicyclic) bond motifs is 1. The summed E-state index contributed by atoms with van der Waals surface area (Å²) in [5, 5.41) is 15.6. The Hall–Kier alpha value is -3.22. The number of pyridine rings is 1. The summed E-state index contributed by atoms with van der Waals surface area (Å²) in [6.07, 6.45) is -1.19. The first-order valence-corrected chi connectivity index (χ1v) is 9.91. The molecule has 2 aliphatic heterocycles. The first-order valence-electron chi connectivity index (χ1n) is 9.91. The monoisotopic (exact) mass is 457 g/mol. The van der Waals surface area contributed by atoms with E-state index in [1.54, 1.807) is 6.20 Å². The molecular formula is C19H22F3N5O5. The topological polar surface area (TPSA) is 120 Å². The number of aromatic nitrogens is 4. The third-order valence-corrected chi connectivity index (χ3v) is 4.85. The largest absolute Gasteiger partial charge is 0.490 e. The minimum absolute atomic E-state index is 0.0995. The smallest absolute Gasteiger partial charge is 0.475 e. The van der Waals surface area contributed by atoms with E-state index in [0.29, 0.717) is 45.1 Å². The third kappa shape index (κ3) is 6.15. The summed E-state index contributed by atoms with van der Waals surface area (Å²) in [7, 11) is 0. The predicted molar refractivity (Wildman–Crippen MR) is 102 cm³/mol. The van der Waals surface area contributed by atoms with Crippen molar-refractivity contribution in [3.05, 3.63) is 36.0 Å². The molecule has 2 aliphatic rings. The molecule has 1 amide bonds. The molecule has 2 aromatic heterocycles. The summed E-state index contributed by atoms with van der Waals surface area (Å²) in [5.74, 6) is -0.451. The number of ether oxygens (including phenoxy) is 2. The second-order valence-corrected chi connectivity index (χ2v) is 7.02. The molecule has 0 aromatic carbocycles. The molecule has 4 rings (SSSR count). The Kier molecular flexibility index (Phi) is 7.62. The summed E-state index contributed by atoms with van der Waals surface area (Å²) in [5.41, 5.74) is 0. The highest BCUT2D eigenvalue weighted by atomic mass is 19.4. The van der Waals surface area contributed by atoms with Crippen molar-refractivity contribution in [3.8, 4) is 5.88 Å². The van der Waals surface area contributed by atoms with E-state index >= 15 is 0 Å². The third-order valence-electron chi connectivity index (χ3n) is 4.85. The van der Waals surface area contributed by atoms with Gasteiger partial charge >= 0.3 is 12.1 Å². The summed E-state index contributed by atoms with van der Waals surface area (Å²) < 4.78 is 45.0. The molecule has 0 radical (unpaired) electrons. The van der Waals surface area contributed by atoms with Crippen LogP contribution in [0.4, 0.5) is 13.2 Å². The van der Waals surface area contributed by atoms with Gasteiger partial charge in [-0.25, -0.2) is 9.78 Å². The van der Waals surface area contributed by atoms with E-state index in [2.05, 4.69) is 15.2 Å². The number of carbonyl (C=O) groups is 2. The Bertz CT molecular complexity index is 916. The zero-order valence-corrected chi connectivity index (χ0v) is 17.0. The second kappa shape index (κ2) is 10.4. The van der Waals surface area contributed by atoms with Gasteiger partial charge < -0.3 is 24.0 Å². The van der Waals surface area contributed by atoms with Crippen LogP contribution in [0.5, 0.6) is 5.88 Å². The Morgan fingerprint density at radius 2 is 2.00 bits per heavy atom. The van der Waals surface area contributed by atoms with Crippen LogP contribution >= 0.6 is 0 Å².